The number of nitrogens with two attached hydrogens (primary N) is 1. The molecule has 1 amide bonds. The Morgan fingerprint density at radius 3 is 2.67 bits per heavy atom. The van der Waals surface area contributed by atoms with E-state index in [9.17, 15) is 4.79 Å². The van der Waals surface area contributed by atoms with Crippen molar-refractivity contribution in [1.82, 2.24) is 5.32 Å². The summed E-state index contributed by atoms with van der Waals surface area (Å²) < 4.78 is 0. The summed E-state index contributed by atoms with van der Waals surface area (Å²) in [6, 6.07) is 9.51. The third kappa shape index (κ3) is 4.70. The average Bonchev–Trinajstić information content (AvgIpc) is 2.42. The van der Waals surface area contributed by atoms with Crippen LogP contribution in [0.2, 0.25) is 0 Å². The summed E-state index contributed by atoms with van der Waals surface area (Å²) in [5.74, 6) is 0.897. The summed E-state index contributed by atoms with van der Waals surface area (Å²) in [4.78, 5) is 11.9. The summed E-state index contributed by atoms with van der Waals surface area (Å²) in [7, 11) is 0. The van der Waals surface area contributed by atoms with Crippen LogP contribution in [0.1, 0.15) is 24.9 Å². The molecule has 3 N–H and O–H groups in total. The summed E-state index contributed by atoms with van der Waals surface area (Å²) in [6.07, 6.45) is 3.07. The third-order valence-corrected chi connectivity index (χ3v) is 3.66. The fraction of sp³-hybridized carbons (Fsp3) is 0.500. The lowest BCUT2D eigenvalue weighted by molar-refractivity contribution is -0.125. The molecule has 4 heteroatoms. The summed E-state index contributed by atoms with van der Waals surface area (Å²) in [6.45, 7) is 2.60. The van der Waals surface area contributed by atoms with Gasteiger partial charge in [0.25, 0.3) is 0 Å². The first kappa shape index (κ1) is 15.1. The first-order valence-electron chi connectivity index (χ1n) is 6.24. The molecule has 0 aliphatic carbocycles. The van der Waals surface area contributed by atoms with E-state index in [2.05, 4.69) is 11.6 Å². The zero-order valence-corrected chi connectivity index (χ0v) is 11.9. The molecule has 0 saturated heterocycles. The fourth-order valence-corrected chi connectivity index (χ4v) is 2.15. The van der Waals surface area contributed by atoms with Crippen molar-refractivity contribution >= 4 is 17.7 Å². The van der Waals surface area contributed by atoms with Gasteiger partial charge in [-0.1, -0.05) is 37.3 Å². The first-order valence-corrected chi connectivity index (χ1v) is 7.63. The molecular weight excluding hydrogens is 244 g/mol. The lowest BCUT2D eigenvalue weighted by Gasteiger charge is -2.19. The van der Waals surface area contributed by atoms with Gasteiger partial charge in [-0.05, 0) is 24.0 Å². The maximum Gasteiger partial charge on any atom is 0.224 e. The lowest BCUT2D eigenvalue weighted by Crippen LogP contribution is -2.36. The molecule has 1 rings (SSSR count). The lowest BCUT2D eigenvalue weighted by atomic mass is 9.95. The van der Waals surface area contributed by atoms with Crippen LogP contribution in [-0.2, 0) is 4.79 Å². The number of hydrogen-bond donors (Lipinski definition) is 2. The minimum absolute atomic E-state index is 0.0347. The van der Waals surface area contributed by atoms with Gasteiger partial charge in [-0.2, -0.15) is 11.8 Å². The van der Waals surface area contributed by atoms with Gasteiger partial charge in [0.2, 0.25) is 5.91 Å². The monoisotopic (exact) mass is 266 g/mol. The van der Waals surface area contributed by atoms with Crippen LogP contribution in [0.5, 0.6) is 0 Å². The van der Waals surface area contributed by atoms with E-state index in [1.54, 1.807) is 11.8 Å². The van der Waals surface area contributed by atoms with E-state index in [1.807, 2.05) is 37.3 Å². The van der Waals surface area contributed by atoms with Crippen molar-refractivity contribution in [2.24, 2.45) is 11.7 Å². The molecule has 0 bridgehead atoms. The topological polar surface area (TPSA) is 55.1 Å². The Morgan fingerprint density at radius 1 is 1.39 bits per heavy atom. The van der Waals surface area contributed by atoms with Crippen LogP contribution in [0.25, 0.3) is 0 Å². The van der Waals surface area contributed by atoms with Crippen LogP contribution in [-0.4, -0.2) is 24.5 Å². The van der Waals surface area contributed by atoms with Gasteiger partial charge < -0.3 is 11.1 Å². The van der Waals surface area contributed by atoms with Crippen LogP contribution in [0.15, 0.2) is 30.3 Å². The number of benzene rings is 1. The molecule has 0 radical (unpaired) electrons. The molecular formula is C14H22N2OS. The number of carbonyl (C=O) groups excluding carboxylic acids is 1. The number of rotatable bonds is 7. The van der Waals surface area contributed by atoms with Crippen LogP contribution in [0.3, 0.4) is 0 Å². The second-order valence-corrected chi connectivity index (χ2v) is 5.35. The van der Waals surface area contributed by atoms with E-state index in [0.717, 1.165) is 24.3 Å². The standard InChI is InChI=1S/C14H22N2OS/c1-11(14(17)16-9-6-10-18-2)13(15)12-7-4-3-5-8-12/h3-5,7-8,11,13H,6,9-10,15H2,1-2H3,(H,16,17). The maximum absolute atomic E-state index is 11.9. The van der Waals surface area contributed by atoms with E-state index < -0.39 is 0 Å². The zero-order valence-electron chi connectivity index (χ0n) is 11.1. The molecule has 3 nitrogen and oxygen atoms in total. The van der Waals surface area contributed by atoms with Gasteiger partial charge in [0.15, 0.2) is 0 Å². The van der Waals surface area contributed by atoms with Crippen molar-refractivity contribution in [2.75, 3.05) is 18.6 Å². The highest BCUT2D eigenvalue weighted by molar-refractivity contribution is 7.98. The van der Waals surface area contributed by atoms with Crippen LogP contribution < -0.4 is 11.1 Å². The van der Waals surface area contributed by atoms with Gasteiger partial charge >= 0.3 is 0 Å². The fourth-order valence-electron chi connectivity index (χ4n) is 1.72. The Labute approximate surface area is 114 Å². The normalized spacial score (nSPS) is 13.9. The predicted molar refractivity (Wildman–Crippen MR) is 78.5 cm³/mol. The molecule has 1 aromatic rings. The Balaban J connectivity index is 2.43. The predicted octanol–water partition coefficient (Wildman–Crippen LogP) is 2.19. The molecule has 0 aliphatic heterocycles. The highest BCUT2D eigenvalue weighted by Gasteiger charge is 2.21. The van der Waals surface area contributed by atoms with E-state index in [0.29, 0.717) is 0 Å². The average molecular weight is 266 g/mol. The van der Waals surface area contributed by atoms with Crippen molar-refractivity contribution in [3.05, 3.63) is 35.9 Å². The highest BCUT2D eigenvalue weighted by Crippen LogP contribution is 2.18. The minimum Gasteiger partial charge on any atom is -0.356 e. The minimum atomic E-state index is -0.244. The number of thioether (sulfide) groups is 1. The number of amides is 1. The molecule has 0 heterocycles. The van der Waals surface area contributed by atoms with Gasteiger partial charge in [-0.25, -0.2) is 0 Å². The number of nitrogens with one attached hydrogen (secondary N) is 1. The third-order valence-electron chi connectivity index (χ3n) is 2.96. The number of carbonyl (C=O) groups is 1. The van der Waals surface area contributed by atoms with E-state index in [-0.39, 0.29) is 17.9 Å². The highest BCUT2D eigenvalue weighted by atomic mass is 32.2. The van der Waals surface area contributed by atoms with Crippen molar-refractivity contribution in [3.63, 3.8) is 0 Å². The Hall–Kier alpha value is -1.00. The molecule has 0 aromatic heterocycles. The summed E-state index contributed by atoms with van der Waals surface area (Å²) in [5.41, 5.74) is 7.11. The van der Waals surface area contributed by atoms with Gasteiger partial charge in [-0.3, -0.25) is 4.79 Å². The van der Waals surface area contributed by atoms with Crippen LogP contribution in [0.4, 0.5) is 0 Å². The van der Waals surface area contributed by atoms with Crippen molar-refractivity contribution in [2.45, 2.75) is 19.4 Å². The molecule has 1 aromatic carbocycles. The Morgan fingerprint density at radius 2 is 2.06 bits per heavy atom. The largest absolute Gasteiger partial charge is 0.356 e. The van der Waals surface area contributed by atoms with Crippen molar-refractivity contribution < 1.29 is 4.79 Å². The molecule has 2 atom stereocenters. The van der Waals surface area contributed by atoms with Crippen LogP contribution >= 0.6 is 11.8 Å². The van der Waals surface area contributed by atoms with E-state index in [4.69, 9.17) is 5.73 Å². The molecule has 0 fully saturated rings. The summed E-state index contributed by atoms with van der Waals surface area (Å²) in [5, 5.41) is 2.94. The van der Waals surface area contributed by atoms with Gasteiger partial charge in [-0.15, -0.1) is 0 Å². The van der Waals surface area contributed by atoms with Gasteiger partial charge in [0.05, 0.1) is 5.92 Å². The second kappa shape index (κ2) is 8.16. The van der Waals surface area contributed by atoms with Crippen LogP contribution in [0, 0.1) is 5.92 Å². The zero-order chi connectivity index (χ0) is 13.4. The van der Waals surface area contributed by atoms with Gasteiger partial charge in [0, 0.05) is 12.6 Å². The first-order chi connectivity index (χ1) is 8.66. The van der Waals surface area contributed by atoms with E-state index in [1.165, 1.54) is 0 Å². The number of hydrogen-bond acceptors (Lipinski definition) is 3. The Bertz CT molecular complexity index is 356. The molecule has 0 spiro atoms. The SMILES string of the molecule is CSCCCNC(=O)C(C)C(N)c1ccccc1. The van der Waals surface area contributed by atoms with E-state index >= 15 is 0 Å². The van der Waals surface area contributed by atoms with Crippen molar-refractivity contribution in [1.29, 1.82) is 0 Å². The molecule has 2 unspecified atom stereocenters. The molecule has 0 aliphatic rings. The Kier molecular flexibility index (Phi) is 6.83. The quantitative estimate of drug-likeness (QED) is 0.744. The summed E-state index contributed by atoms with van der Waals surface area (Å²) >= 11 is 1.79. The smallest absolute Gasteiger partial charge is 0.224 e. The maximum atomic E-state index is 11.9. The van der Waals surface area contributed by atoms with Gasteiger partial charge in [0.1, 0.15) is 0 Å². The van der Waals surface area contributed by atoms with Crippen molar-refractivity contribution in [3.8, 4) is 0 Å². The molecule has 100 valence electrons. The second-order valence-electron chi connectivity index (χ2n) is 4.36. The molecule has 0 saturated carbocycles. The molecule has 18 heavy (non-hydrogen) atoms.